The van der Waals surface area contributed by atoms with Crippen LogP contribution in [-0.4, -0.2) is 9.97 Å². The molecule has 1 fully saturated rings. The van der Waals surface area contributed by atoms with Crippen LogP contribution in [0.3, 0.4) is 0 Å². The van der Waals surface area contributed by atoms with Crippen molar-refractivity contribution in [1.82, 2.24) is 9.97 Å². The molecule has 0 saturated heterocycles. The Morgan fingerprint density at radius 1 is 0.490 bits per heavy atom. The Balaban J connectivity index is 1.05. The lowest BCUT2D eigenvalue weighted by Crippen LogP contribution is -2.27. The highest BCUT2D eigenvalue weighted by Gasteiger charge is 2.44. The molecule has 0 N–H and O–H groups in total. The molecule has 0 bridgehead atoms. The van der Waals surface area contributed by atoms with Gasteiger partial charge in [0.15, 0.2) is 5.82 Å². The van der Waals surface area contributed by atoms with E-state index in [0.717, 1.165) is 38.4 Å². The molecule has 2 heterocycles. The normalized spacial score (nSPS) is 14.7. The summed E-state index contributed by atoms with van der Waals surface area (Å²) < 4.78 is 2.36. The fraction of sp³-hybridized carbons (Fsp3) is 0.130. The zero-order chi connectivity index (χ0) is 32.4. The monoisotopic (exact) mass is 646 g/mol. The van der Waals surface area contributed by atoms with Crippen LogP contribution in [0.2, 0.25) is 0 Å². The molecule has 8 aromatic rings. The predicted octanol–water partition coefficient (Wildman–Crippen LogP) is 12.7. The minimum atomic E-state index is 0.168. The molecule has 10 rings (SSSR count). The lowest BCUT2D eigenvalue weighted by atomic mass is 9.68. The predicted molar refractivity (Wildman–Crippen MR) is 206 cm³/mol. The van der Waals surface area contributed by atoms with Gasteiger partial charge >= 0.3 is 0 Å². The summed E-state index contributed by atoms with van der Waals surface area (Å²) in [6, 6.07) is 53.1. The van der Waals surface area contributed by atoms with Crippen LogP contribution < -0.4 is 0 Å². The molecule has 0 atom stereocenters. The van der Waals surface area contributed by atoms with Gasteiger partial charge in [0, 0.05) is 26.6 Å². The van der Waals surface area contributed by atoms with Crippen molar-refractivity contribution < 1.29 is 0 Å². The van der Waals surface area contributed by atoms with Crippen LogP contribution in [0.15, 0.2) is 146 Å². The average molecular weight is 647 g/mol. The van der Waals surface area contributed by atoms with E-state index in [0.29, 0.717) is 0 Å². The Bertz CT molecular complexity index is 2520. The van der Waals surface area contributed by atoms with Gasteiger partial charge in [-0.15, -0.1) is 11.3 Å². The fourth-order valence-electron chi connectivity index (χ4n) is 8.63. The second kappa shape index (κ2) is 11.4. The number of thiophene rings is 1. The molecule has 0 unspecified atom stereocenters. The maximum Gasteiger partial charge on any atom is 0.160 e. The van der Waals surface area contributed by atoms with Crippen molar-refractivity contribution in [2.75, 3.05) is 0 Å². The number of hydrogen-bond acceptors (Lipinski definition) is 3. The molecule has 2 nitrogen and oxygen atoms in total. The van der Waals surface area contributed by atoms with E-state index in [1.807, 2.05) is 0 Å². The topological polar surface area (TPSA) is 25.8 Å². The third-order valence-corrected chi connectivity index (χ3v) is 12.1. The van der Waals surface area contributed by atoms with Crippen molar-refractivity contribution in [3.05, 3.63) is 157 Å². The first-order chi connectivity index (χ1) is 24.3. The molecule has 49 heavy (non-hydrogen) atoms. The van der Waals surface area contributed by atoms with E-state index >= 15 is 0 Å². The van der Waals surface area contributed by atoms with E-state index in [-0.39, 0.29) is 5.41 Å². The minimum absolute atomic E-state index is 0.168. The molecule has 2 aliphatic rings. The Morgan fingerprint density at radius 2 is 1.16 bits per heavy atom. The number of benzene rings is 6. The van der Waals surface area contributed by atoms with Gasteiger partial charge in [-0.25, -0.2) is 9.97 Å². The molecule has 3 heteroatoms. The van der Waals surface area contributed by atoms with Gasteiger partial charge in [0.1, 0.15) is 0 Å². The molecule has 1 saturated carbocycles. The molecule has 234 valence electrons. The Labute approximate surface area is 290 Å². The van der Waals surface area contributed by atoms with Crippen LogP contribution in [0.4, 0.5) is 0 Å². The molecule has 0 radical (unpaired) electrons. The smallest absolute Gasteiger partial charge is 0.160 e. The van der Waals surface area contributed by atoms with Crippen molar-refractivity contribution in [2.24, 2.45) is 0 Å². The summed E-state index contributed by atoms with van der Waals surface area (Å²) in [6.07, 6.45) is 6.47. The van der Waals surface area contributed by atoms with Gasteiger partial charge in [0.2, 0.25) is 0 Å². The van der Waals surface area contributed by atoms with Crippen LogP contribution in [0, 0.1) is 0 Å². The second-order valence-corrected chi connectivity index (χ2v) is 14.7. The van der Waals surface area contributed by atoms with Gasteiger partial charge in [-0.3, -0.25) is 0 Å². The van der Waals surface area contributed by atoms with Gasteiger partial charge in [-0.05, 0) is 69.5 Å². The number of aromatic nitrogens is 2. The highest BCUT2D eigenvalue weighted by atomic mass is 32.1. The average Bonchev–Trinajstić information content (AvgIpc) is 3.69. The molecule has 0 amide bonds. The quantitative estimate of drug-likeness (QED) is 0.190. The first kappa shape index (κ1) is 28.6. The fourth-order valence-corrected chi connectivity index (χ4v) is 9.78. The molecule has 2 aliphatic carbocycles. The van der Waals surface area contributed by atoms with Crippen molar-refractivity contribution in [3.8, 4) is 56.0 Å². The van der Waals surface area contributed by atoms with Crippen molar-refractivity contribution >= 4 is 31.6 Å². The SMILES string of the molecule is c1ccc(-c2nc(-c3cccc(-c4ccc(-c5cccc6c5-c5ccccc5C65CCCCC5)cc4)c3)nc3c2sc2ccccc23)cc1. The lowest BCUT2D eigenvalue weighted by Gasteiger charge is -2.36. The van der Waals surface area contributed by atoms with Crippen LogP contribution in [0.25, 0.3) is 76.3 Å². The second-order valence-electron chi connectivity index (χ2n) is 13.6. The van der Waals surface area contributed by atoms with E-state index in [1.54, 1.807) is 11.3 Å². The summed E-state index contributed by atoms with van der Waals surface area (Å²) in [4.78, 5) is 10.4. The third kappa shape index (κ3) is 4.53. The van der Waals surface area contributed by atoms with Crippen molar-refractivity contribution in [1.29, 1.82) is 0 Å². The maximum absolute atomic E-state index is 5.21. The van der Waals surface area contributed by atoms with Crippen molar-refractivity contribution in [2.45, 2.75) is 37.5 Å². The van der Waals surface area contributed by atoms with Crippen LogP contribution in [0.1, 0.15) is 43.2 Å². The van der Waals surface area contributed by atoms with E-state index in [1.165, 1.54) is 81.1 Å². The Kier molecular flexibility index (Phi) is 6.63. The van der Waals surface area contributed by atoms with E-state index in [4.69, 9.17) is 9.97 Å². The number of fused-ring (bicyclic) bond motifs is 8. The first-order valence-corrected chi connectivity index (χ1v) is 18.3. The summed E-state index contributed by atoms with van der Waals surface area (Å²) in [7, 11) is 0. The highest BCUT2D eigenvalue weighted by molar-refractivity contribution is 7.26. The number of nitrogens with zero attached hydrogens (tertiary/aromatic N) is 2. The largest absolute Gasteiger partial charge is 0.226 e. The van der Waals surface area contributed by atoms with Gasteiger partial charge < -0.3 is 0 Å². The van der Waals surface area contributed by atoms with Crippen LogP contribution >= 0.6 is 11.3 Å². The zero-order valence-corrected chi connectivity index (χ0v) is 28.0. The zero-order valence-electron chi connectivity index (χ0n) is 27.2. The summed E-state index contributed by atoms with van der Waals surface area (Å²) in [6.45, 7) is 0. The molecular formula is C46H34N2S. The van der Waals surface area contributed by atoms with Crippen LogP contribution in [0.5, 0.6) is 0 Å². The lowest BCUT2D eigenvalue weighted by molar-refractivity contribution is 0.353. The van der Waals surface area contributed by atoms with Gasteiger partial charge in [-0.1, -0.05) is 153 Å². The molecule has 6 aromatic carbocycles. The van der Waals surface area contributed by atoms with Gasteiger partial charge in [0.25, 0.3) is 0 Å². The molecule has 2 aromatic heterocycles. The standard InChI is InChI=1S/C46H34N2S/c1-3-13-32(14-4-1)42-44-43(37-18-6-8-22-40(37)49-44)48-45(47-42)34-16-11-15-33(29-34)30-23-25-31(26-24-30)35-19-12-21-39-41(35)36-17-5-7-20-38(36)46(39)27-9-2-10-28-46/h1,3-8,11-26,29H,2,9-10,27-28H2. The van der Waals surface area contributed by atoms with Crippen molar-refractivity contribution in [3.63, 3.8) is 0 Å². The third-order valence-electron chi connectivity index (χ3n) is 10.9. The van der Waals surface area contributed by atoms with E-state index < -0.39 is 0 Å². The maximum atomic E-state index is 5.21. The summed E-state index contributed by atoms with van der Waals surface area (Å²) in [5.41, 5.74) is 15.2. The number of rotatable bonds is 4. The minimum Gasteiger partial charge on any atom is -0.226 e. The molecule has 1 spiro atoms. The van der Waals surface area contributed by atoms with Crippen LogP contribution in [-0.2, 0) is 5.41 Å². The van der Waals surface area contributed by atoms with Gasteiger partial charge in [-0.2, -0.15) is 0 Å². The van der Waals surface area contributed by atoms with Gasteiger partial charge in [0.05, 0.1) is 15.9 Å². The highest BCUT2D eigenvalue weighted by Crippen LogP contribution is 2.57. The van der Waals surface area contributed by atoms with E-state index in [9.17, 15) is 0 Å². The number of hydrogen-bond donors (Lipinski definition) is 0. The summed E-state index contributed by atoms with van der Waals surface area (Å²) in [5.74, 6) is 0.753. The summed E-state index contributed by atoms with van der Waals surface area (Å²) in [5, 5.41) is 1.18. The summed E-state index contributed by atoms with van der Waals surface area (Å²) >= 11 is 1.77. The van der Waals surface area contributed by atoms with E-state index in [2.05, 4.69) is 146 Å². The molecular weight excluding hydrogens is 613 g/mol. The first-order valence-electron chi connectivity index (χ1n) is 17.5. The Morgan fingerprint density at radius 3 is 2.04 bits per heavy atom. The molecule has 0 aliphatic heterocycles. The Hall–Kier alpha value is -5.38.